The highest BCUT2D eigenvalue weighted by molar-refractivity contribution is 8.00. The van der Waals surface area contributed by atoms with Crippen LogP contribution in [0.4, 0.5) is 0 Å². The first-order valence-corrected chi connectivity index (χ1v) is 8.40. The molecule has 1 rings (SSSR count). The van der Waals surface area contributed by atoms with Crippen molar-refractivity contribution in [2.45, 2.75) is 58.1 Å². The van der Waals surface area contributed by atoms with Crippen molar-refractivity contribution >= 4 is 11.8 Å². The average Bonchev–Trinajstić information content (AvgIpc) is 2.46. The number of unbranched alkanes of at least 4 members (excludes halogenated alkanes) is 1. The number of thioether (sulfide) groups is 1. The van der Waals surface area contributed by atoms with E-state index in [-0.39, 0.29) is 0 Å². The Kier molecular flexibility index (Phi) is 6.49. The maximum atomic E-state index is 5.77. The van der Waals surface area contributed by atoms with Crippen LogP contribution in [0, 0.1) is 5.41 Å². The van der Waals surface area contributed by atoms with Crippen molar-refractivity contribution in [2.75, 3.05) is 31.9 Å². The van der Waals surface area contributed by atoms with Crippen LogP contribution in [0.15, 0.2) is 0 Å². The summed E-state index contributed by atoms with van der Waals surface area (Å²) in [5, 5.41) is 0. The molecule has 0 spiro atoms. The molecule has 1 saturated heterocycles. The number of nitrogens with two attached hydrogens (primary N) is 1. The summed E-state index contributed by atoms with van der Waals surface area (Å²) < 4.78 is 0.482. The minimum atomic E-state index is 0.330. The highest BCUT2D eigenvalue weighted by Gasteiger charge is 2.23. The molecule has 0 atom stereocenters. The van der Waals surface area contributed by atoms with Crippen LogP contribution in [0.2, 0.25) is 0 Å². The fourth-order valence-electron chi connectivity index (χ4n) is 2.33. The lowest BCUT2D eigenvalue weighted by molar-refractivity contribution is 0.263. The van der Waals surface area contributed by atoms with Crippen LogP contribution in [0.5, 0.6) is 0 Å². The number of nitrogens with zero attached hydrogens (tertiary/aromatic N) is 1. The maximum absolute atomic E-state index is 5.77. The van der Waals surface area contributed by atoms with E-state index in [1.807, 2.05) is 0 Å². The number of rotatable bonds is 6. The fourth-order valence-corrected chi connectivity index (χ4v) is 3.46. The van der Waals surface area contributed by atoms with Gasteiger partial charge in [0.25, 0.3) is 0 Å². The minimum absolute atomic E-state index is 0.330. The van der Waals surface area contributed by atoms with Gasteiger partial charge in [-0.25, -0.2) is 0 Å². The Hall–Kier alpha value is 0.270. The van der Waals surface area contributed by atoms with Gasteiger partial charge in [0.1, 0.15) is 0 Å². The fraction of sp³-hybridized carbons (Fsp3) is 1.00. The van der Waals surface area contributed by atoms with Crippen molar-refractivity contribution in [1.82, 2.24) is 4.90 Å². The largest absolute Gasteiger partial charge is 0.330 e. The van der Waals surface area contributed by atoms with E-state index in [0.29, 0.717) is 10.2 Å². The lowest BCUT2D eigenvalue weighted by atomic mass is 9.87. The summed E-state index contributed by atoms with van der Waals surface area (Å²) in [4.78, 5) is 2.65. The zero-order chi connectivity index (χ0) is 13.6. The maximum Gasteiger partial charge on any atom is 0.0116 e. The Morgan fingerprint density at radius 3 is 2.61 bits per heavy atom. The van der Waals surface area contributed by atoms with E-state index >= 15 is 0 Å². The predicted octanol–water partition coefficient (Wildman–Crippen LogP) is 3.36. The van der Waals surface area contributed by atoms with Gasteiger partial charge in [-0.15, -0.1) is 0 Å². The van der Waals surface area contributed by atoms with Gasteiger partial charge in [0, 0.05) is 17.0 Å². The first-order valence-electron chi connectivity index (χ1n) is 7.41. The molecule has 0 saturated carbocycles. The summed E-state index contributed by atoms with van der Waals surface area (Å²) in [6.45, 7) is 13.9. The molecule has 1 heterocycles. The van der Waals surface area contributed by atoms with Gasteiger partial charge in [-0.05, 0) is 44.3 Å². The monoisotopic (exact) mass is 272 g/mol. The van der Waals surface area contributed by atoms with E-state index in [0.717, 1.165) is 6.54 Å². The highest BCUT2D eigenvalue weighted by Crippen LogP contribution is 2.30. The van der Waals surface area contributed by atoms with Crippen LogP contribution >= 0.6 is 11.8 Å². The molecule has 2 nitrogen and oxygen atoms in total. The molecule has 2 N–H and O–H groups in total. The third-order valence-electron chi connectivity index (χ3n) is 4.06. The van der Waals surface area contributed by atoms with Crippen molar-refractivity contribution in [1.29, 1.82) is 0 Å². The van der Waals surface area contributed by atoms with Crippen LogP contribution in [-0.4, -0.2) is 41.6 Å². The molecular weight excluding hydrogens is 240 g/mol. The van der Waals surface area contributed by atoms with Crippen LogP contribution < -0.4 is 5.73 Å². The summed E-state index contributed by atoms with van der Waals surface area (Å²) in [6.07, 6.45) is 5.23. The molecule has 0 bridgehead atoms. The molecule has 0 radical (unpaired) electrons. The summed E-state index contributed by atoms with van der Waals surface area (Å²) in [7, 11) is 0. The van der Waals surface area contributed by atoms with E-state index in [1.54, 1.807) is 0 Å². The quantitative estimate of drug-likeness (QED) is 0.752. The van der Waals surface area contributed by atoms with E-state index < -0.39 is 0 Å². The number of hydrogen-bond donors (Lipinski definition) is 1. The standard InChI is InChI=1S/C15H32N2S/c1-14(2,13-16)7-5-6-9-17-10-8-15(3,4)18-12-11-17/h5-13,16H2,1-4H3. The second-order valence-corrected chi connectivity index (χ2v) is 8.83. The van der Waals surface area contributed by atoms with Crippen molar-refractivity contribution in [3.05, 3.63) is 0 Å². The Bertz CT molecular complexity index is 239. The van der Waals surface area contributed by atoms with E-state index in [2.05, 4.69) is 44.4 Å². The molecule has 0 aromatic rings. The molecule has 3 heteroatoms. The third-order valence-corrected chi connectivity index (χ3v) is 5.43. The second-order valence-electron chi connectivity index (χ2n) is 7.03. The summed E-state index contributed by atoms with van der Waals surface area (Å²) in [5.74, 6) is 1.29. The van der Waals surface area contributed by atoms with E-state index in [4.69, 9.17) is 5.73 Å². The van der Waals surface area contributed by atoms with Gasteiger partial charge in [0.2, 0.25) is 0 Å². The zero-order valence-electron chi connectivity index (χ0n) is 12.8. The van der Waals surface area contributed by atoms with Gasteiger partial charge in [-0.3, -0.25) is 0 Å². The first-order chi connectivity index (χ1) is 8.35. The highest BCUT2D eigenvalue weighted by atomic mass is 32.2. The molecule has 1 aliphatic rings. The predicted molar refractivity (Wildman–Crippen MR) is 84.3 cm³/mol. The van der Waals surface area contributed by atoms with Gasteiger partial charge >= 0.3 is 0 Å². The molecule has 18 heavy (non-hydrogen) atoms. The van der Waals surface area contributed by atoms with E-state index in [9.17, 15) is 0 Å². The van der Waals surface area contributed by atoms with Gasteiger partial charge in [-0.2, -0.15) is 11.8 Å². The van der Waals surface area contributed by atoms with Crippen molar-refractivity contribution < 1.29 is 0 Å². The van der Waals surface area contributed by atoms with Gasteiger partial charge in [-0.1, -0.05) is 34.1 Å². The van der Waals surface area contributed by atoms with Crippen molar-refractivity contribution in [3.63, 3.8) is 0 Å². The van der Waals surface area contributed by atoms with Gasteiger partial charge in [0.05, 0.1) is 0 Å². The smallest absolute Gasteiger partial charge is 0.0116 e. The Balaban J connectivity index is 2.16. The normalized spacial score (nSPS) is 21.8. The van der Waals surface area contributed by atoms with Crippen LogP contribution in [0.1, 0.15) is 53.4 Å². The summed E-state index contributed by atoms with van der Waals surface area (Å²) in [5.41, 5.74) is 6.10. The SMILES string of the molecule is CC(C)(CN)CCCCN1CCSC(C)(C)CC1. The molecular formula is C15H32N2S. The molecule has 0 aromatic carbocycles. The molecule has 1 aliphatic heterocycles. The van der Waals surface area contributed by atoms with Crippen molar-refractivity contribution in [3.8, 4) is 0 Å². The van der Waals surface area contributed by atoms with Gasteiger partial charge < -0.3 is 10.6 Å². The zero-order valence-corrected chi connectivity index (χ0v) is 13.6. The Morgan fingerprint density at radius 2 is 1.94 bits per heavy atom. The van der Waals surface area contributed by atoms with Crippen LogP contribution in [-0.2, 0) is 0 Å². The van der Waals surface area contributed by atoms with Crippen LogP contribution in [0.25, 0.3) is 0 Å². The van der Waals surface area contributed by atoms with Crippen LogP contribution in [0.3, 0.4) is 0 Å². The summed E-state index contributed by atoms with van der Waals surface area (Å²) in [6, 6.07) is 0. The Morgan fingerprint density at radius 1 is 1.22 bits per heavy atom. The number of hydrogen-bond acceptors (Lipinski definition) is 3. The second kappa shape index (κ2) is 7.16. The molecule has 108 valence electrons. The van der Waals surface area contributed by atoms with Gasteiger partial charge in [0.15, 0.2) is 0 Å². The lowest BCUT2D eigenvalue weighted by Gasteiger charge is -2.24. The molecule has 0 unspecified atom stereocenters. The third kappa shape index (κ3) is 6.44. The molecule has 0 aliphatic carbocycles. The average molecular weight is 273 g/mol. The topological polar surface area (TPSA) is 29.3 Å². The molecule has 1 fully saturated rings. The van der Waals surface area contributed by atoms with E-state index in [1.165, 1.54) is 51.1 Å². The first kappa shape index (κ1) is 16.3. The molecule has 0 amide bonds. The molecule has 0 aromatic heterocycles. The summed E-state index contributed by atoms with van der Waals surface area (Å²) >= 11 is 2.13. The Labute approximate surface area is 118 Å². The van der Waals surface area contributed by atoms with Crippen molar-refractivity contribution in [2.24, 2.45) is 11.1 Å². The lowest BCUT2D eigenvalue weighted by Crippen LogP contribution is -2.29. The minimum Gasteiger partial charge on any atom is -0.330 e.